The average Bonchev–Trinajstić information content (AvgIpc) is 2.98. The fourth-order valence-electron chi connectivity index (χ4n) is 2.66. The molecule has 27 heavy (non-hydrogen) atoms. The zero-order chi connectivity index (χ0) is 19.6. The highest BCUT2D eigenvalue weighted by Gasteiger charge is 2.30. The highest BCUT2D eigenvalue weighted by atomic mass is 32.2. The minimum atomic E-state index is -0.803. The number of aliphatic hydroxyl groups is 1. The third-order valence-corrected chi connectivity index (χ3v) is 5.13. The highest BCUT2D eigenvalue weighted by molar-refractivity contribution is 7.99. The molecule has 8 heteroatoms. The van der Waals surface area contributed by atoms with E-state index in [4.69, 9.17) is 9.84 Å². The quantitative estimate of drug-likeness (QED) is 0.441. The molecule has 1 saturated heterocycles. The van der Waals surface area contributed by atoms with Crippen LogP contribution in [-0.4, -0.2) is 64.0 Å². The van der Waals surface area contributed by atoms with E-state index in [-0.39, 0.29) is 31.0 Å². The maximum absolute atomic E-state index is 12.9. The van der Waals surface area contributed by atoms with Crippen LogP contribution < -0.4 is 0 Å². The molecule has 1 aromatic carbocycles. The van der Waals surface area contributed by atoms with Crippen LogP contribution in [0.15, 0.2) is 36.4 Å². The Bertz CT molecular complexity index is 652. The van der Waals surface area contributed by atoms with E-state index in [2.05, 4.69) is 0 Å². The lowest BCUT2D eigenvalue weighted by molar-refractivity contribution is -0.137. The van der Waals surface area contributed by atoms with Crippen molar-refractivity contribution in [1.29, 1.82) is 0 Å². The molecular weight excluding hydrogens is 373 g/mol. The minimum absolute atomic E-state index is 0.149. The number of hydrogen-bond acceptors (Lipinski definition) is 5. The molecule has 2 unspecified atom stereocenters. The van der Waals surface area contributed by atoms with E-state index in [1.54, 1.807) is 40.9 Å². The number of rotatable bonds is 11. The van der Waals surface area contributed by atoms with E-state index in [0.29, 0.717) is 25.1 Å². The van der Waals surface area contributed by atoms with Crippen molar-refractivity contribution in [2.24, 2.45) is 0 Å². The van der Waals surface area contributed by atoms with Crippen molar-refractivity contribution in [3.05, 3.63) is 47.8 Å². The number of thioether (sulfide) groups is 1. The van der Waals surface area contributed by atoms with E-state index in [0.717, 1.165) is 11.3 Å². The van der Waals surface area contributed by atoms with Crippen LogP contribution >= 0.6 is 11.8 Å². The summed E-state index contributed by atoms with van der Waals surface area (Å²) in [5.41, 5.74) is 0.821. The number of carboxylic acid groups (broad SMARTS) is 1. The fraction of sp³-hybridized carbons (Fsp3) is 0.474. The van der Waals surface area contributed by atoms with Crippen molar-refractivity contribution in [2.45, 2.75) is 31.4 Å². The fourth-order valence-corrected chi connectivity index (χ4v) is 3.54. The summed E-state index contributed by atoms with van der Waals surface area (Å²) in [7, 11) is 0. The first kappa shape index (κ1) is 21.2. The first-order valence-corrected chi connectivity index (χ1v) is 9.95. The van der Waals surface area contributed by atoms with E-state index in [1.165, 1.54) is 12.1 Å². The molecular formula is C19H24FNO5S. The number of ether oxygens (including phenoxy) is 1. The Morgan fingerprint density at radius 1 is 1.37 bits per heavy atom. The number of aliphatic hydroxyl groups excluding tert-OH is 1. The molecule has 148 valence electrons. The van der Waals surface area contributed by atoms with Gasteiger partial charge in [0.2, 0.25) is 0 Å². The van der Waals surface area contributed by atoms with Crippen LogP contribution in [0.1, 0.15) is 18.4 Å². The van der Waals surface area contributed by atoms with Gasteiger partial charge >= 0.3 is 12.1 Å². The Hall–Kier alpha value is -2.06. The van der Waals surface area contributed by atoms with Crippen molar-refractivity contribution >= 4 is 23.8 Å². The van der Waals surface area contributed by atoms with Gasteiger partial charge in [-0.1, -0.05) is 24.3 Å². The monoisotopic (exact) mass is 397 g/mol. The van der Waals surface area contributed by atoms with Crippen molar-refractivity contribution in [2.75, 3.05) is 24.7 Å². The Morgan fingerprint density at radius 2 is 2.11 bits per heavy atom. The lowest BCUT2D eigenvalue weighted by Crippen LogP contribution is -2.34. The predicted molar refractivity (Wildman–Crippen MR) is 101 cm³/mol. The molecule has 2 rings (SSSR count). The zero-order valence-corrected chi connectivity index (χ0v) is 15.7. The smallest absolute Gasteiger partial charge is 0.410 e. The maximum Gasteiger partial charge on any atom is 0.410 e. The van der Waals surface area contributed by atoms with Crippen LogP contribution in [0.5, 0.6) is 0 Å². The summed E-state index contributed by atoms with van der Waals surface area (Å²) in [5, 5.41) is 18.7. The Labute approximate surface area is 162 Å². The topological polar surface area (TPSA) is 87.1 Å². The number of hydrogen-bond donors (Lipinski definition) is 2. The molecule has 2 N–H and O–H groups in total. The molecule has 0 aromatic heterocycles. The number of benzene rings is 1. The average molecular weight is 397 g/mol. The Kier molecular flexibility index (Phi) is 8.60. The summed E-state index contributed by atoms with van der Waals surface area (Å²) in [4.78, 5) is 23.9. The molecule has 1 aliphatic rings. The van der Waals surface area contributed by atoms with Crippen LogP contribution in [-0.2, 0) is 16.0 Å². The number of amides is 1. The summed E-state index contributed by atoms with van der Waals surface area (Å²) < 4.78 is 18.0. The number of halogens is 1. The van der Waals surface area contributed by atoms with Gasteiger partial charge in [0.25, 0.3) is 0 Å². The minimum Gasteiger partial charge on any atom is -0.481 e. The summed E-state index contributed by atoms with van der Waals surface area (Å²) >= 11 is 1.60. The lowest BCUT2D eigenvalue weighted by Gasteiger charge is -2.18. The number of aliphatic carboxylic acids is 1. The summed E-state index contributed by atoms with van der Waals surface area (Å²) in [6.45, 7) is 0.738. The summed E-state index contributed by atoms with van der Waals surface area (Å²) in [6, 6.07) is 5.72. The number of nitrogens with zero attached hydrogens (tertiary/aromatic N) is 1. The standard InChI is InChI=1S/C19H24FNO5S/c20-15-5-3-14(4-6-15)12-17(22)8-7-16-13-26-19(25)21(16)9-11-27-10-1-2-18(23)24/h3-8,16-17,22H,1-2,9-13H2,(H,23,24). The van der Waals surface area contributed by atoms with Gasteiger partial charge in [0.15, 0.2) is 0 Å². The van der Waals surface area contributed by atoms with E-state index >= 15 is 0 Å². The third kappa shape index (κ3) is 7.60. The predicted octanol–water partition coefficient (Wildman–Crippen LogP) is 2.70. The van der Waals surface area contributed by atoms with Gasteiger partial charge in [0, 0.05) is 25.1 Å². The van der Waals surface area contributed by atoms with Crippen LogP contribution in [0.2, 0.25) is 0 Å². The van der Waals surface area contributed by atoms with Crippen LogP contribution in [0.25, 0.3) is 0 Å². The molecule has 2 atom stereocenters. The van der Waals surface area contributed by atoms with Crippen LogP contribution in [0, 0.1) is 5.82 Å². The SMILES string of the molecule is O=C(O)CCCSCCN1C(=O)OCC1C=CC(O)Cc1ccc(F)cc1. The first-order chi connectivity index (χ1) is 13.0. The van der Waals surface area contributed by atoms with Crippen molar-refractivity contribution in [3.8, 4) is 0 Å². The van der Waals surface area contributed by atoms with Gasteiger partial charge in [-0.3, -0.25) is 9.69 Å². The molecule has 1 aliphatic heterocycles. The summed E-state index contributed by atoms with van der Waals surface area (Å²) in [5.74, 6) is 0.300. The molecule has 6 nitrogen and oxygen atoms in total. The van der Waals surface area contributed by atoms with Crippen LogP contribution in [0.4, 0.5) is 9.18 Å². The highest BCUT2D eigenvalue weighted by Crippen LogP contribution is 2.16. The molecule has 0 bridgehead atoms. The van der Waals surface area contributed by atoms with Crippen molar-refractivity contribution < 1.29 is 28.9 Å². The number of carboxylic acids is 1. The molecule has 0 aliphatic carbocycles. The van der Waals surface area contributed by atoms with Crippen LogP contribution in [0.3, 0.4) is 0 Å². The molecule has 0 saturated carbocycles. The molecule has 1 heterocycles. The Balaban J connectivity index is 1.76. The number of carbonyl (C=O) groups is 2. The van der Waals surface area contributed by atoms with Gasteiger partial charge in [0.1, 0.15) is 12.4 Å². The summed E-state index contributed by atoms with van der Waals surface area (Å²) in [6.07, 6.45) is 3.37. The molecule has 1 aromatic rings. The van der Waals surface area contributed by atoms with Gasteiger partial charge in [0.05, 0.1) is 12.1 Å². The van der Waals surface area contributed by atoms with Crippen molar-refractivity contribution in [3.63, 3.8) is 0 Å². The van der Waals surface area contributed by atoms with E-state index < -0.39 is 12.1 Å². The second kappa shape index (κ2) is 10.9. The molecule has 0 radical (unpaired) electrons. The van der Waals surface area contributed by atoms with Gasteiger partial charge < -0.3 is 14.9 Å². The van der Waals surface area contributed by atoms with E-state index in [1.807, 2.05) is 0 Å². The van der Waals surface area contributed by atoms with Gasteiger partial charge in [-0.05, 0) is 29.9 Å². The third-order valence-electron chi connectivity index (χ3n) is 4.08. The van der Waals surface area contributed by atoms with E-state index in [9.17, 15) is 19.1 Å². The lowest BCUT2D eigenvalue weighted by atomic mass is 10.1. The second-order valence-electron chi connectivity index (χ2n) is 6.23. The second-order valence-corrected chi connectivity index (χ2v) is 7.45. The van der Waals surface area contributed by atoms with Crippen molar-refractivity contribution in [1.82, 2.24) is 4.90 Å². The molecule has 1 amide bonds. The molecule has 0 spiro atoms. The number of cyclic esters (lactones) is 1. The van der Waals surface area contributed by atoms with Gasteiger partial charge in [-0.2, -0.15) is 11.8 Å². The molecule has 1 fully saturated rings. The Morgan fingerprint density at radius 3 is 2.81 bits per heavy atom. The maximum atomic E-state index is 12.9. The van der Waals surface area contributed by atoms with Gasteiger partial charge in [-0.15, -0.1) is 0 Å². The normalized spacial score (nSPS) is 18.1. The van der Waals surface area contributed by atoms with Gasteiger partial charge in [-0.25, -0.2) is 9.18 Å². The zero-order valence-electron chi connectivity index (χ0n) is 14.9. The number of carbonyl (C=O) groups excluding carboxylic acids is 1. The first-order valence-electron chi connectivity index (χ1n) is 8.79. The largest absolute Gasteiger partial charge is 0.481 e.